The lowest BCUT2D eigenvalue weighted by Gasteiger charge is -2.13. The van der Waals surface area contributed by atoms with E-state index in [9.17, 15) is 18.0 Å². The molecule has 2 rings (SSSR count). The SMILES string of the molecule is COC(=O)C(=Cc1cc(Cl)c(OS(=O)(=O)c2ccc(Cl)cc2)c(OC)c1)C(=O)OC. The van der Waals surface area contributed by atoms with Gasteiger partial charge in [-0.15, -0.1) is 0 Å². The van der Waals surface area contributed by atoms with E-state index in [1.54, 1.807) is 0 Å². The summed E-state index contributed by atoms with van der Waals surface area (Å²) in [7, 11) is -0.771. The lowest BCUT2D eigenvalue weighted by atomic mass is 10.1. The van der Waals surface area contributed by atoms with Crippen molar-refractivity contribution in [2.75, 3.05) is 21.3 Å². The monoisotopic (exact) mass is 474 g/mol. The van der Waals surface area contributed by atoms with Crippen molar-refractivity contribution in [2.24, 2.45) is 0 Å². The second kappa shape index (κ2) is 9.84. The van der Waals surface area contributed by atoms with Crippen LogP contribution in [0.1, 0.15) is 5.56 Å². The number of carbonyl (C=O) groups excluding carboxylic acids is 2. The molecule has 0 atom stereocenters. The third-order valence-electron chi connectivity index (χ3n) is 3.67. The van der Waals surface area contributed by atoms with Gasteiger partial charge in [0.2, 0.25) is 5.75 Å². The van der Waals surface area contributed by atoms with Gasteiger partial charge in [-0.3, -0.25) is 0 Å². The zero-order valence-corrected chi connectivity index (χ0v) is 18.3. The number of esters is 2. The fourth-order valence-corrected chi connectivity index (χ4v) is 3.64. The van der Waals surface area contributed by atoms with E-state index in [2.05, 4.69) is 9.47 Å². The van der Waals surface area contributed by atoms with Gasteiger partial charge < -0.3 is 18.4 Å². The van der Waals surface area contributed by atoms with Crippen molar-refractivity contribution < 1.29 is 36.4 Å². The van der Waals surface area contributed by atoms with E-state index < -0.39 is 27.6 Å². The molecule has 0 bridgehead atoms. The Morgan fingerprint density at radius 2 is 1.50 bits per heavy atom. The third-order valence-corrected chi connectivity index (χ3v) is 5.44. The Balaban J connectivity index is 2.50. The summed E-state index contributed by atoms with van der Waals surface area (Å²) >= 11 is 12.0. The maximum Gasteiger partial charge on any atom is 0.345 e. The Kier molecular flexibility index (Phi) is 7.71. The first-order chi connectivity index (χ1) is 14.1. The van der Waals surface area contributed by atoms with Crippen LogP contribution in [0, 0.1) is 0 Å². The van der Waals surface area contributed by atoms with Gasteiger partial charge in [0, 0.05) is 5.02 Å². The topological polar surface area (TPSA) is 105 Å². The van der Waals surface area contributed by atoms with E-state index in [-0.39, 0.29) is 27.0 Å². The molecule has 160 valence electrons. The summed E-state index contributed by atoms with van der Waals surface area (Å²) in [6, 6.07) is 7.94. The van der Waals surface area contributed by atoms with Crippen LogP contribution >= 0.6 is 23.2 Å². The number of ether oxygens (including phenoxy) is 3. The third kappa shape index (κ3) is 5.44. The Morgan fingerprint density at radius 1 is 0.933 bits per heavy atom. The molecule has 0 aliphatic carbocycles. The number of halogens is 2. The zero-order valence-electron chi connectivity index (χ0n) is 16.0. The Labute approximate surface area is 183 Å². The molecular weight excluding hydrogens is 459 g/mol. The van der Waals surface area contributed by atoms with Crippen LogP contribution in [-0.2, 0) is 29.2 Å². The van der Waals surface area contributed by atoms with Crippen molar-refractivity contribution in [3.8, 4) is 11.5 Å². The minimum atomic E-state index is -4.24. The molecule has 8 nitrogen and oxygen atoms in total. The molecule has 2 aromatic rings. The predicted molar refractivity (Wildman–Crippen MR) is 109 cm³/mol. The summed E-state index contributed by atoms with van der Waals surface area (Å²) in [5, 5.41) is 0.208. The number of hydrogen-bond donors (Lipinski definition) is 0. The molecule has 2 aromatic carbocycles. The first-order valence-corrected chi connectivity index (χ1v) is 10.2. The highest BCUT2D eigenvalue weighted by Crippen LogP contribution is 2.39. The minimum Gasteiger partial charge on any atom is -0.493 e. The van der Waals surface area contributed by atoms with Crippen LogP contribution in [0.3, 0.4) is 0 Å². The molecule has 0 amide bonds. The highest BCUT2D eigenvalue weighted by molar-refractivity contribution is 7.87. The normalized spacial score (nSPS) is 10.7. The maximum atomic E-state index is 12.5. The number of methoxy groups -OCH3 is 3. The van der Waals surface area contributed by atoms with Gasteiger partial charge in [-0.1, -0.05) is 23.2 Å². The second-order valence-electron chi connectivity index (χ2n) is 5.57. The number of rotatable bonds is 7. The molecule has 0 aliphatic heterocycles. The lowest BCUT2D eigenvalue weighted by Crippen LogP contribution is -2.15. The standard InChI is InChI=1S/C19H16Cl2O8S/c1-26-16-10-11(8-14(18(22)27-2)19(23)28-3)9-15(21)17(16)29-30(24,25)13-6-4-12(20)5-7-13/h4-10H,1-3H3. The molecule has 0 fully saturated rings. The van der Waals surface area contributed by atoms with Gasteiger partial charge in [0.05, 0.1) is 26.4 Å². The Bertz CT molecular complexity index is 1070. The highest BCUT2D eigenvalue weighted by Gasteiger charge is 2.24. The molecule has 0 saturated heterocycles. The van der Waals surface area contributed by atoms with E-state index in [1.165, 1.54) is 43.5 Å². The van der Waals surface area contributed by atoms with Crippen LogP contribution < -0.4 is 8.92 Å². The van der Waals surface area contributed by atoms with E-state index >= 15 is 0 Å². The summed E-state index contributed by atoms with van der Waals surface area (Å²) in [6.45, 7) is 0. The van der Waals surface area contributed by atoms with E-state index in [1.807, 2.05) is 0 Å². The summed E-state index contributed by atoms with van der Waals surface area (Å²) in [5.41, 5.74) is -0.167. The summed E-state index contributed by atoms with van der Waals surface area (Å²) in [6.07, 6.45) is 1.16. The second-order valence-corrected chi connectivity index (χ2v) is 7.96. The molecule has 0 heterocycles. The minimum absolute atomic E-state index is 0.0552. The molecule has 0 N–H and O–H groups in total. The largest absolute Gasteiger partial charge is 0.493 e. The highest BCUT2D eigenvalue weighted by atomic mass is 35.5. The fourth-order valence-electron chi connectivity index (χ4n) is 2.25. The van der Waals surface area contributed by atoms with Crippen LogP contribution in [0.4, 0.5) is 0 Å². The van der Waals surface area contributed by atoms with Gasteiger partial charge in [-0.2, -0.15) is 8.42 Å². The molecular formula is C19H16Cl2O8S. The quantitative estimate of drug-likeness (QED) is 0.197. The van der Waals surface area contributed by atoms with E-state index in [0.717, 1.165) is 20.3 Å². The fraction of sp³-hybridized carbons (Fsp3) is 0.158. The van der Waals surface area contributed by atoms with Crippen LogP contribution in [0.25, 0.3) is 6.08 Å². The van der Waals surface area contributed by atoms with Crippen molar-refractivity contribution in [1.82, 2.24) is 0 Å². The summed E-state index contributed by atoms with van der Waals surface area (Å²) in [4.78, 5) is 23.5. The smallest absolute Gasteiger partial charge is 0.345 e. The number of benzene rings is 2. The van der Waals surface area contributed by atoms with Crippen molar-refractivity contribution in [1.29, 1.82) is 0 Å². The lowest BCUT2D eigenvalue weighted by molar-refractivity contribution is -0.143. The molecule has 11 heteroatoms. The van der Waals surface area contributed by atoms with Crippen molar-refractivity contribution in [3.63, 3.8) is 0 Å². The predicted octanol–water partition coefficient (Wildman–Crippen LogP) is 3.50. The van der Waals surface area contributed by atoms with Gasteiger partial charge >= 0.3 is 22.1 Å². The van der Waals surface area contributed by atoms with E-state index in [4.69, 9.17) is 32.1 Å². The zero-order chi connectivity index (χ0) is 22.5. The average molecular weight is 475 g/mol. The average Bonchev–Trinajstić information content (AvgIpc) is 2.72. The Hall–Kier alpha value is -2.75. The Morgan fingerprint density at radius 3 is 2.00 bits per heavy atom. The van der Waals surface area contributed by atoms with Gasteiger partial charge in [0.1, 0.15) is 10.5 Å². The van der Waals surface area contributed by atoms with Gasteiger partial charge in [0.15, 0.2) is 5.75 Å². The number of carbonyl (C=O) groups is 2. The first-order valence-electron chi connectivity index (χ1n) is 8.08. The maximum absolute atomic E-state index is 12.5. The van der Waals surface area contributed by atoms with Crippen LogP contribution in [0.15, 0.2) is 46.9 Å². The molecule has 0 aliphatic rings. The molecule has 0 saturated carbocycles. The summed E-state index contributed by atoms with van der Waals surface area (Å²) < 4.78 is 44.5. The molecule has 0 aromatic heterocycles. The van der Waals surface area contributed by atoms with Crippen LogP contribution in [0.5, 0.6) is 11.5 Å². The van der Waals surface area contributed by atoms with Crippen LogP contribution in [-0.4, -0.2) is 41.7 Å². The first kappa shape index (κ1) is 23.5. The molecule has 30 heavy (non-hydrogen) atoms. The molecule has 0 radical (unpaired) electrons. The van der Waals surface area contributed by atoms with Crippen molar-refractivity contribution in [3.05, 3.63) is 57.6 Å². The molecule has 0 unspecified atom stereocenters. The van der Waals surface area contributed by atoms with Gasteiger partial charge in [-0.05, 0) is 48.0 Å². The number of hydrogen-bond acceptors (Lipinski definition) is 8. The van der Waals surface area contributed by atoms with E-state index in [0.29, 0.717) is 5.02 Å². The summed E-state index contributed by atoms with van der Waals surface area (Å²) in [5.74, 6) is -2.19. The van der Waals surface area contributed by atoms with Gasteiger partial charge in [0.25, 0.3) is 0 Å². The van der Waals surface area contributed by atoms with Crippen molar-refractivity contribution >= 4 is 51.3 Å². The van der Waals surface area contributed by atoms with Crippen molar-refractivity contribution in [2.45, 2.75) is 4.90 Å². The molecule has 0 spiro atoms. The van der Waals surface area contributed by atoms with Gasteiger partial charge in [-0.25, -0.2) is 9.59 Å². The van der Waals surface area contributed by atoms with Crippen LogP contribution in [0.2, 0.25) is 10.0 Å².